The van der Waals surface area contributed by atoms with Gasteiger partial charge in [-0.05, 0) is 31.9 Å². The molecule has 1 rings (SSSR count). The fraction of sp³-hybridized carbons (Fsp3) is 0.571. The summed E-state index contributed by atoms with van der Waals surface area (Å²) in [5.41, 5.74) is 0.683. The average molecular weight is 284 g/mol. The van der Waals surface area contributed by atoms with Crippen molar-refractivity contribution in [1.29, 1.82) is 0 Å². The lowest BCUT2D eigenvalue weighted by Gasteiger charge is -2.22. The van der Waals surface area contributed by atoms with Gasteiger partial charge < -0.3 is 5.32 Å². The highest BCUT2D eigenvalue weighted by molar-refractivity contribution is 7.89. The first-order valence-corrected chi connectivity index (χ1v) is 8.34. The van der Waals surface area contributed by atoms with Crippen LogP contribution in [0.1, 0.15) is 33.6 Å². The van der Waals surface area contributed by atoms with Crippen LogP contribution >= 0.6 is 0 Å². The normalized spacial score (nSPS) is 11.8. The number of anilines is 1. The van der Waals surface area contributed by atoms with Gasteiger partial charge in [0.1, 0.15) is 4.90 Å². The third kappa shape index (κ3) is 3.94. The first-order chi connectivity index (χ1) is 9.07. The molecule has 0 unspecified atom stereocenters. The van der Waals surface area contributed by atoms with Gasteiger partial charge in [0, 0.05) is 19.6 Å². The first-order valence-electron chi connectivity index (χ1n) is 6.90. The molecule has 5 heteroatoms. The van der Waals surface area contributed by atoms with Gasteiger partial charge in [-0.2, -0.15) is 4.31 Å². The molecule has 1 aromatic rings. The molecule has 0 bridgehead atoms. The summed E-state index contributed by atoms with van der Waals surface area (Å²) in [6.07, 6.45) is 1.64. The minimum absolute atomic E-state index is 0.374. The standard InChI is InChI=1S/C14H24N2O2S/c1-4-11-16(12-5-2)19(17,18)14-10-8-7-9-13(14)15-6-3/h7-10,15H,4-6,11-12H2,1-3H3. The molecule has 0 saturated carbocycles. The molecule has 0 aliphatic carbocycles. The molecule has 0 aromatic heterocycles. The molecule has 1 N–H and O–H groups in total. The molecule has 0 atom stereocenters. The lowest BCUT2D eigenvalue weighted by Crippen LogP contribution is -2.33. The second-order valence-corrected chi connectivity index (χ2v) is 6.34. The summed E-state index contributed by atoms with van der Waals surface area (Å²) < 4.78 is 27.0. The van der Waals surface area contributed by atoms with Crippen LogP contribution in [-0.2, 0) is 10.0 Å². The molecule has 19 heavy (non-hydrogen) atoms. The van der Waals surface area contributed by atoms with Crippen LogP contribution in [0.5, 0.6) is 0 Å². The quantitative estimate of drug-likeness (QED) is 0.798. The molecule has 108 valence electrons. The summed E-state index contributed by atoms with van der Waals surface area (Å²) in [6.45, 7) is 7.78. The molecule has 0 fully saturated rings. The first kappa shape index (κ1) is 16.0. The predicted octanol–water partition coefficient (Wildman–Crippen LogP) is 2.93. The van der Waals surface area contributed by atoms with Crippen LogP contribution in [0, 0.1) is 0 Å². The van der Waals surface area contributed by atoms with Crippen molar-refractivity contribution in [2.45, 2.75) is 38.5 Å². The number of nitrogens with one attached hydrogen (secondary N) is 1. The van der Waals surface area contributed by atoms with Crippen LogP contribution in [0.25, 0.3) is 0 Å². The molecule has 1 aromatic carbocycles. The number of sulfonamides is 1. The average Bonchev–Trinajstić information content (AvgIpc) is 2.39. The highest BCUT2D eigenvalue weighted by atomic mass is 32.2. The predicted molar refractivity (Wildman–Crippen MR) is 79.9 cm³/mol. The van der Waals surface area contributed by atoms with Crippen molar-refractivity contribution in [3.05, 3.63) is 24.3 Å². The second-order valence-electron chi connectivity index (χ2n) is 4.43. The van der Waals surface area contributed by atoms with E-state index in [4.69, 9.17) is 0 Å². The van der Waals surface area contributed by atoms with Gasteiger partial charge in [0.2, 0.25) is 10.0 Å². The van der Waals surface area contributed by atoms with Gasteiger partial charge in [0.25, 0.3) is 0 Å². The smallest absolute Gasteiger partial charge is 0.245 e. The number of benzene rings is 1. The molecule has 0 aliphatic rings. The zero-order chi connectivity index (χ0) is 14.3. The van der Waals surface area contributed by atoms with Crippen LogP contribution in [-0.4, -0.2) is 32.4 Å². The summed E-state index contributed by atoms with van der Waals surface area (Å²) >= 11 is 0. The second kappa shape index (κ2) is 7.50. The van der Waals surface area contributed by atoms with E-state index in [1.165, 1.54) is 0 Å². The largest absolute Gasteiger partial charge is 0.384 e. The molecule has 0 saturated heterocycles. The SMILES string of the molecule is CCCN(CCC)S(=O)(=O)c1ccccc1NCC. The number of hydrogen-bond donors (Lipinski definition) is 1. The van der Waals surface area contributed by atoms with Crippen LogP contribution in [0.3, 0.4) is 0 Å². The van der Waals surface area contributed by atoms with Crippen LogP contribution in [0.2, 0.25) is 0 Å². The van der Waals surface area contributed by atoms with E-state index in [-0.39, 0.29) is 0 Å². The molecule has 4 nitrogen and oxygen atoms in total. The Bertz CT molecular complexity index is 480. The lowest BCUT2D eigenvalue weighted by molar-refractivity contribution is 0.410. The monoisotopic (exact) mass is 284 g/mol. The maximum atomic E-state index is 12.7. The Balaban J connectivity index is 3.16. The van der Waals surface area contributed by atoms with Gasteiger partial charge in [0.05, 0.1) is 5.69 Å². The summed E-state index contributed by atoms with van der Waals surface area (Å²) in [7, 11) is -3.41. The van der Waals surface area contributed by atoms with E-state index in [0.29, 0.717) is 30.2 Å². The Morgan fingerprint density at radius 2 is 1.63 bits per heavy atom. The summed E-state index contributed by atoms with van der Waals surface area (Å²) in [4.78, 5) is 0.374. The molecule has 0 spiro atoms. The molecular formula is C14H24N2O2S. The van der Waals surface area contributed by atoms with E-state index in [1.807, 2.05) is 32.9 Å². The number of nitrogens with zero attached hydrogens (tertiary/aromatic N) is 1. The van der Waals surface area contributed by atoms with E-state index >= 15 is 0 Å². The summed E-state index contributed by atoms with van der Waals surface area (Å²) in [5, 5.41) is 3.12. The minimum Gasteiger partial charge on any atom is -0.384 e. The van der Waals surface area contributed by atoms with Gasteiger partial charge in [-0.1, -0.05) is 26.0 Å². The minimum atomic E-state index is -3.41. The maximum absolute atomic E-state index is 12.7. The lowest BCUT2D eigenvalue weighted by atomic mass is 10.3. The fourth-order valence-corrected chi connectivity index (χ4v) is 3.81. The summed E-state index contributed by atoms with van der Waals surface area (Å²) in [5.74, 6) is 0. The van der Waals surface area contributed by atoms with Crippen molar-refractivity contribution in [2.75, 3.05) is 25.0 Å². The zero-order valence-corrected chi connectivity index (χ0v) is 12.8. The third-order valence-electron chi connectivity index (χ3n) is 2.82. The van der Waals surface area contributed by atoms with Crippen LogP contribution < -0.4 is 5.32 Å². The third-order valence-corrected chi connectivity index (χ3v) is 4.77. The van der Waals surface area contributed by atoms with Crippen molar-refractivity contribution in [3.63, 3.8) is 0 Å². The van der Waals surface area contributed by atoms with Gasteiger partial charge >= 0.3 is 0 Å². The van der Waals surface area contributed by atoms with Gasteiger partial charge in [-0.25, -0.2) is 8.42 Å². The Morgan fingerprint density at radius 3 is 2.16 bits per heavy atom. The van der Waals surface area contributed by atoms with Crippen molar-refractivity contribution < 1.29 is 8.42 Å². The molecular weight excluding hydrogens is 260 g/mol. The Morgan fingerprint density at radius 1 is 1.05 bits per heavy atom. The van der Waals surface area contributed by atoms with Crippen LogP contribution in [0.4, 0.5) is 5.69 Å². The molecule has 0 aliphatic heterocycles. The van der Waals surface area contributed by atoms with E-state index < -0.39 is 10.0 Å². The Labute approximate surface area is 116 Å². The van der Waals surface area contributed by atoms with Crippen molar-refractivity contribution in [2.24, 2.45) is 0 Å². The van der Waals surface area contributed by atoms with Gasteiger partial charge in [0.15, 0.2) is 0 Å². The van der Waals surface area contributed by atoms with E-state index in [2.05, 4.69) is 5.32 Å². The fourth-order valence-electron chi connectivity index (χ4n) is 2.02. The number of hydrogen-bond acceptors (Lipinski definition) is 3. The highest BCUT2D eigenvalue weighted by Gasteiger charge is 2.25. The maximum Gasteiger partial charge on any atom is 0.245 e. The van der Waals surface area contributed by atoms with Crippen molar-refractivity contribution in [3.8, 4) is 0 Å². The Kier molecular flexibility index (Phi) is 6.31. The molecule has 0 heterocycles. The number of para-hydroxylation sites is 1. The van der Waals surface area contributed by atoms with Gasteiger partial charge in [-0.3, -0.25) is 0 Å². The van der Waals surface area contributed by atoms with E-state index in [0.717, 1.165) is 12.8 Å². The Hall–Kier alpha value is -1.07. The zero-order valence-electron chi connectivity index (χ0n) is 12.0. The highest BCUT2D eigenvalue weighted by Crippen LogP contribution is 2.24. The van der Waals surface area contributed by atoms with Crippen molar-refractivity contribution in [1.82, 2.24) is 4.31 Å². The van der Waals surface area contributed by atoms with E-state index in [1.54, 1.807) is 16.4 Å². The van der Waals surface area contributed by atoms with Crippen molar-refractivity contribution >= 4 is 15.7 Å². The molecule has 0 amide bonds. The topological polar surface area (TPSA) is 49.4 Å². The number of rotatable bonds is 8. The van der Waals surface area contributed by atoms with Crippen LogP contribution in [0.15, 0.2) is 29.2 Å². The van der Waals surface area contributed by atoms with E-state index in [9.17, 15) is 8.42 Å². The van der Waals surface area contributed by atoms with Gasteiger partial charge in [-0.15, -0.1) is 0 Å². The summed E-state index contributed by atoms with van der Waals surface area (Å²) in [6, 6.07) is 7.10. The molecule has 0 radical (unpaired) electrons.